The zero-order chi connectivity index (χ0) is 48.8. The van der Waals surface area contributed by atoms with E-state index in [2.05, 4.69) is 214 Å². The Bertz CT molecular complexity index is 2050. The van der Waals surface area contributed by atoms with Crippen LogP contribution >= 0.6 is 22.6 Å². The van der Waals surface area contributed by atoms with Gasteiger partial charge in [0, 0.05) is 12.3 Å². The quantitative estimate of drug-likeness (QED) is 0.0526. The van der Waals surface area contributed by atoms with Crippen molar-refractivity contribution in [3.63, 3.8) is 0 Å². The molecule has 0 unspecified atom stereocenters. The minimum Gasteiger partial charge on any atom is -0.497 e. The van der Waals surface area contributed by atoms with Gasteiger partial charge in [-0.25, -0.2) is 0 Å². The van der Waals surface area contributed by atoms with E-state index in [9.17, 15) is 5.11 Å². The number of ether oxygens (including phenoxy) is 2. The average molecular weight is 1050 g/mol. The number of β-lactam (4-membered cyclic amide) rings is 1. The summed E-state index contributed by atoms with van der Waals surface area (Å²) in [7, 11) is -5.83. The van der Waals surface area contributed by atoms with E-state index in [0.29, 0.717) is 19.6 Å². The lowest BCUT2D eigenvalue weighted by atomic mass is 9.65. The highest BCUT2D eigenvalue weighted by Crippen LogP contribution is 2.53. The van der Waals surface area contributed by atoms with E-state index in [1.165, 1.54) is 0 Å². The van der Waals surface area contributed by atoms with Gasteiger partial charge < -0.3 is 28.0 Å². The van der Waals surface area contributed by atoms with Gasteiger partial charge in [-0.05, 0) is 80.3 Å². The predicted molar refractivity (Wildman–Crippen MR) is 289 cm³/mol. The van der Waals surface area contributed by atoms with Crippen molar-refractivity contribution >= 4 is 63.7 Å². The maximum absolute atomic E-state index is 15.2. The summed E-state index contributed by atoms with van der Waals surface area (Å²) in [6.07, 6.45) is 7.06. The van der Waals surface area contributed by atoms with Crippen molar-refractivity contribution in [1.29, 1.82) is 0 Å². The Kier molecular flexibility index (Phi) is 18.4. The number of methoxy groups -OCH3 is 1. The molecule has 358 valence electrons. The van der Waals surface area contributed by atoms with Gasteiger partial charge in [-0.2, -0.15) is 0 Å². The molecule has 3 aromatic rings. The van der Waals surface area contributed by atoms with Crippen LogP contribution in [-0.4, -0.2) is 78.5 Å². The third kappa shape index (κ3) is 12.2. The molecule has 3 aromatic carbocycles. The Morgan fingerprint density at radius 2 is 1.38 bits per heavy atom. The molecule has 11 heteroatoms. The molecule has 65 heavy (non-hydrogen) atoms. The highest BCUT2D eigenvalue weighted by molar-refractivity contribution is 14.1. The van der Waals surface area contributed by atoms with Gasteiger partial charge in [0.05, 0.1) is 50.1 Å². The van der Waals surface area contributed by atoms with Gasteiger partial charge in [0.25, 0.3) is 8.32 Å². The number of carbonyl (C=O) groups is 1. The van der Waals surface area contributed by atoms with E-state index in [0.717, 1.165) is 27.3 Å². The van der Waals surface area contributed by atoms with Crippen molar-refractivity contribution in [3.8, 4) is 5.75 Å². The minimum atomic E-state index is -3.16. The Morgan fingerprint density at radius 3 is 1.85 bits per heavy atom. The molecule has 6 atom stereocenters. The monoisotopic (exact) mass is 1050 g/mol. The number of allylic oxidation sites excluding steroid dienone is 2. The van der Waals surface area contributed by atoms with E-state index < -0.39 is 48.4 Å². The van der Waals surface area contributed by atoms with Crippen molar-refractivity contribution in [2.75, 3.05) is 13.7 Å². The molecule has 1 heterocycles. The molecule has 4 rings (SSSR count). The molecule has 0 aliphatic carbocycles. The number of halogens is 1. The van der Waals surface area contributed by atoms with Crippen LogP contribution in [0.3, 0.4) is 0 Å². The molecule has 1 saturated heterocycles. The Labute approximate surface area is 411 Å². The fourth-order valence-corrected chi connectivity index (χ4v) is 17.4. The molecule has 1 N–H and O–H groups in total. The number of aliphatic hydroxyl groups excluding tert-OH is 1. The van der Waals surface area contributed by atoms with E-state index >= 15 is 4.79 Å². The molecule has 0 bridgehead atoms. The summed E-state index contributed by atoms with van der Waals surface area (Å²) in [5, 5.41) is 15.2. The Balaban J connectivity index is 1.87. The fraction of sp³-hybridized carbons (Fsp3) is 0.537. The van der Waals surface area contributed by atoms with Gasteiger partial charge in [0.1, 0.15) is 5.75 Å². The first-order valence-corrected chi connectivity index (χ1v) is 32.4. The summed E-state index contributed by atoms with van der Waals surface area (Å²) < 4.78 is 30.8. The molecule has 1 aliphatic heterocycles. The molecule has 7 nitrogen and oxygen atoms in total. The van der Waals surface area contributed by atoms with Crippen LogP contribution in [0.5, 0.6) is 5.75 Å². The second-order valence-corrected chi connectivity index (χ2v) is 37.4. The lowest BCUT2D eigenvalue weighted by Gasteiger charge is -2.64. The second-order valence-electron chi connectivity index (χ2n) is 22.5. The van der Waals surface area contributed by atoms with Crippen molar-refractivity contribution < 1.29 is 28.2 Å². The first-order chi connectivity index (χ1) is 30.1. The summed E-state index contributed by atoms with van der Waals surface area (Å²) in [6, 6.07) is 28.9. The molecule has 0 spiro atoms. The van der Waals surface area contributed by atoms with Crippen molar-refractivity contribution in [3.05, 3.63) is 124 Å². The van der Waals surface area contributed by atoms with Gasteiger partial charge in [-0.15, -0.1) is 0 Å². The third-order valence-corrected chi connectivity index (χ3v) is 30.3. The maximum Gasteiger partial charge on any atom is 0.261 e. The predicted octanol–water partition coefficient (Wildman–Crippen LogP) is 12.6. The molecule has 1 amide bonds. The van der Waals surface area contributed by atoms with Gasteiger partial charge in [-0.1, -0.05) is 202 Å². The van der Waals surface area contributed by atoms with Gasteiger partial charge in [0.15, 0.2) is 16.6 Å². The summed E-state index contributed by atoms with van der Waals surface area (Å²) in [5.74, 6) is 0.318. The minimum absolute atomic E-state index is 0.00592. The lowest BCUT2D eigenvalue weighted by molar-refractivity contribution is -0.177. The van der Waals surface area contributed by atoms with Gasteiger partial charge >= 0.3 is 0 Å². The van der Waals surface area contributed by atoms with Crippen LogP contribution in [0.2, 0.25) is 41.3 Å². The highest BCUT2D eigenvalue weighted by atomic mass is 127. The van der Waals surface area contributed by atoms with Crippen LogP contribution in [0.25, 0.3) is 0 Å². The zero-order valence-electron chi connectivity index (χ0n) is 42.8. The number of carbonyl (C=O) groups excluding carboxylic acids is 1. The van der Waals surface area contributed by atoms with E-state index in [4.69, 9.17) is 18.3 Å². The van der Waals surface area contributed by atoms with E-state index in [-0.39, 0.29) is 33.2 Å². The molecule has 1 aliphatic rings. The number of aliphatic hydroxyl groups is 1. The van der Waals surface area contributed by atoms with E-state index in [1.807, 2.05) is 35.3 Å². The summed E-state index contributed by atoms with van der Waals surface area (Å²) >= 11 is 2.26. The number of nitrogens with zero attached hydrogens (tertiary/aromatic N) is 1. The summed E-state index contributed by atoms with van der Waals surface area (Å²) in [5.41, 5.74) is 0.947. The molecular formula is C54H82INO6Si3. The van der Waals surface area contributed by atoms with Crippen molar-refractivity contribution in [2.45, 2.75) is 162 Å². The number of amides is 1. The van der Waals surface area contributed by atoms with Crippen LogP contribution in [0.1, 0.15) is 95.1 Å². The summed E-state index contributed by atoms with van der Waals surface area (Å²) in [4.78, 5) is 15.2. The molecule has 0 saturated carbocycles. The van der Waals surface area contributed by atoms with Crippen LogP contribution in [-0.2, 0) is 25.0 Å². The average Bonchev–Trinajstić information content (AvgIpc) is 3.24. The second kappa shape index (κ2) is 21.8. The number of hydrogen-bond acceptors (Lipinski definition) is 6. The van der Waals surface area contributed by atoms with Crippen LogP contribution < -0.4 is 15.1 Å². The molecular weight excluding hydrogens is 970 g/mol. The van der Waals surface area contributed by atoms with Crippen LogP contribution in [0.15, 0.2) is 119 Å². The maximum atomic E-state index is 15.2. The molecule has 0 aromatic heterocycles. The standard InChI is InChI=1S/C54H82INO6Si3/c1-40(25-24-36-61-64(16,17)52(6,7)8)37-48-54(12,50(58)56(48)63(14,15)51(3,4)5)49(57)41(2)47(38-44(34-35-55)60-39-42-30-32-43(59-13)33-31-42)62-65(53(9,10)11,45-26-20-18-21-27-45)46-28-22-19-23-29-46/h18-35,37,41,44,47-49,57H,36,38-39H2,1-17H3/b25-24+,35-34+,40-37+/t41-,44-,47-,48-,49+,54+/m1/s1. The third-order valence-electron chi connectivity index (χ3n) is 15.0. The van der Waals surface area contributed by atoms with Gasteiger partial charge in [-0.3, -0.25) is 4.79 Å². The molecule has 1 fully saturated rings. The van der Waals surface area contributed by atoms with Crippen LogP contribution in [0, 0.1) is 11.3 Å². The highest BCUT2D eigenvalue weighted by Gasteiger charge is 2.67. The van der Waals surface area contributed by atoms with Crippen molar-refractivity contribution in [1.82, 2.24) is 4.57 Å². The first-order valence-electron chi connectivity index (χ1n) is 23.4. The molecule has 0 radical (unpaired) electrons. The normalized spacial score (nSPS) is 20.2. The van der Waals surface area contributed by atoms with Crippen molar-refractivity contribution in [2.24, 2.45) is 11.3 Å². The largest absolute Gasteiger partial charge is 0.497 e. The smallest absolute Gasteiger partial charge is 0.261 e. The number of rotatable bonds is 20. The topological polar surface area (TPSA) is 77.5 Å². The zero-order valence-corrected chi connectivity index (χ0v) is 47.9. The first kappa shape index (κ1) is 55.0. The Hall–Kier alpha value is -2.63. The lowest BCUT2D eigenvalue weighted by Crippen LogP contribution is -2.80. The SMILES string of the molecule is COc1ccc(CO[C@H](/C=C/I)C[C@@H](O[Si](c2ccccc2)(c2ccccc2)C(C)(C)C)[C@@H](C)[C@H](O)[C@@]2(C)C(=O)N([Si](C)(C)C(C)(C)C)[C@@H]2/C=C(C)/C=C/CO[Si](C)(C)C(C)(C)C)cc1. The number of benzene rings is 3. The van der Waals surface area contributed by atoms with Gasteiger partial charge in [0.2, 0.25) is 5.91 Å². The summed E-state index contributed by atoms with van der Waals surface area (Å²) in [6.45, 7) is 36.5. The Morgan fingerprint density at radius 1 is 0.846 bits per heavy atom. The number of hydrogen-bond donors (Lipinski definition) is 1. The fourth-order valence-electron chi connectivity index (χ4n) is 8.71. The van der Waals surface area contributed by atoms with Crippen LogP contribution in [0.4, 0.5) is 0 Å². The van der Waals surface area contributed by atoms with E-state index in [1.54, 1.807) is 7.11 Å².